The Morgan fingerprint density at radius 3 is 2.25 bits per heavy atom. The Morgan fingerprint density at radius 1 is 1.14 bits per heavy atom. The second-order valence-electron chi connectivity index (χ2n) is 7.66. The highest BCUT2D eigenvalue weighted by Crippen LogP contribution is 2.50. The van der Waals surface area contributed by atoms with E-state index in [1.807, 2.05) is 13.8 Å². The highest BCUT2D eigenvalue weighted by Gasteiger charge is 2.43. The van der Waals surface area contributed by atoms with Crippen LogP contribution in [-0.4, -0.2) is 27.1 Å². The van der Waals surface area contributed by atoms with Crippen LogP contribution in [0.1, 0.15) is 38.2 Å². The summed E-state index contributed by atoms with van der Waals surface area (Å²) >= 11 is 0. The van der Waals surface area contributed by atoms with E-state index in [2.05, 4.69) is 6.07 Å². The average Bonchev–Trinajstić information content (AvgIpc) is 2.64. The molecular formula is C21H24N2O5. The van der Waals surface area contributed by atoms with Crippen molar-refractivity contribution in [3.8, 4) is 23.3 Å². The fraction of sp³-hybridized carbons (Fsp3) is 0.429. The van der Waals surface area contributed by atoms with Gasteiger partial charge in [-0.15, -0.1) is 0 Å². The van der Waals surface area contributed by atoms with Crippen LogP contribution >= 0.6 is 0 Å². The summed E-state index contributed by atoms with van der Waals surface area (Å²) in [5, 5.41) is 9.74. The summed E-state index contributed by atoms with van der Waals surface area (Å²) < 4.78 is 22.0. The van der Waals surface area contributed by atoms with E-state index in [9.17, 15) is 10.1 Å². The molecule has 1 unspecified atom stereocenters. The third kappa shape index (κ3) is 3.15. The third-order valence-corrected chi connectivity index (χ3v) is 5.10. The van der Waals surface area contributed by atoms with Gasteiger partial charge in [0, 0.05) is 18.4 Å². The lowest BCUT2D eigenvalue weighted by Crippen LogP contribution is -2.33. The molecule has 7 nitrogen and oxygen atoms in total. The molecule has 1 aromatic carbocycles. The van der Waals surface area contributed by atoms with Crippen molar-refractivity contribution in [2.45, 2.75) is 32.6 Å². The fourth-order valence-electron chi connectivity index (χ4n) is 3.89. The summed E-state index contributed by atoms with van der Waals surface area (Å²) in [5.41, 5.74) is 7.14. The molecular weight excluding hydrogens is 360 g/mol. The van der Waals surface area contributed by atoms with Gasteiger partial charge in [-0.1, -0.05) is 13.8 Å². The molecule has 2 aliphatic rings. The molecule has 0 saturated carbocycles. The van der Waals surface area contributed by atoms with Gasteiger partial charge in [-0.05, 0) is 23.1 Å². The highest BCUT2D eigenvalue weighted by molar-refractivity contribution is 6.00. The van der Waals surface area contributed by atoms with Gasteiger partial charge in [-0.25, -0.2) is 0 Å². The van der Waals surface area contributed by atoms with Crippen LogP contribution in [0.15, 0.2) is 34.9 Å². The van der Waals surface area contributed by atoms with E-state index in [-0.39, 0.29) is 22.7 Å². The number of Topliss-reactive ketones (excluding diaryl/α,β-unsaturated/α-hetero) is 1. The van der Waals surface area contributed by atoms with Crippen molar-refractivity contribution < 1.29 is 23.7 Å². The van der Waals surface area contributed by atoms with Gasteiger partial charge in [0.05, 0.1) is 27.2 Å². The van der Waals surface area contributed by atoms with E-state index in [0.29, 0.717) is 47.0 Å². The Kier molecular flexibility index (Phi) is 4.99. The van der Waals surface area contributed by atoms with E-state index < -0.39 is 5.92 Å². The van der Waals surface area contributed by atoms with Gasteiger partial charge in [0.25, 0.3) is 0 Å². The molecule has 148 valence electrons. The Labute approximate surface area is 164 Å². The van der Waals surface area contributed by atoms with Gasteiger partial charge >= 0.3 is 0 Å². The Bertz CT molecular complexity index is 912. The number of nitrogens with two attached hydrogens (primary N) is 1. The number of nitrogens with zero attached hydrogens (tertiary/aromatic N) is 1. The molecule has 28 heavy (non-hydrogen) atoms. The van der Waals surface area contributed by atoms with Crippen molar-refractivity contribution in [2.24, 2.45) is 11.1 Å². The molecule has 1 aliphatic heterocycles. The Morgan fingerprint density at radius 2 is 1.75 bits per heavy atom. The number of nitriles is 1. The number of hydrogen-bond donors (Lipinski definition) is 1. The first-order valence-corrected chi connectivity index (χ1v) is 8.90. The normalized spacial score (nSPS) is 20.9. The number of ketones is 1. The first-order valence-electron chi connectivity index (χ1n) is 8.90. The quantitative estimate of drug-likeness (QED) is 0.850. The molecule has 1 aromatic rings. The van der Waals surface area contributed by atoms with Gasteiger partial charge in [0.2, 0.25) is 11.6 Å². The third-order valence-electron chi connectivity index (χ3n) is 5.10. The average molecular weight is 384 g/mol. The van der Waals surface area contributed by atoms with Crippen LogP contribution in [-0.2, 0) is 9.53 Å². The number of hydrogen-bond acceptors (Lipinski definition) is 7. The summed E-state index contributed by atoms with van der Waals surface area (Å²) in [6.45, 7) is 4.01. The van der Waals surface area contributed by atoms with E-state index in [1.54, 1.807) is 12.1 Å². The summed E-state index contributed by atoms with van der Waals surface area (Å²) in [5.74, 6) is 1.15. The van der Waals surface area contributed by atoms with Gasteiger partial charge in [0.15, 0.2) is 17.3 Å². The van der Waals surface area contributed by atoms with E-state index in [1.165, 1.54) is 21.3 Å². The topological polar surface area (TPSA) is 104 Å². The number of ether oxygens (including phenoxy) is 4. The molecule has 1 heterocycles. The van der Waals surface area contributed by atoms with Crippen LogP contribution < -0.4 is 19.9 Å². The largest absolute Gasteiger partial charge is 0.493 e. The summed E-state index contributed by atoms with van der Waals surface area (Å²) in [6, 6.07) is 5.58. The first kappa shape index (κ1) is 19.6. The number of rotatable bonds is 4. The molecule has 0 radical (unpaired) electrons. The SMILES string of the molecule is COc1cc(C2C(C#N)=C(N)OC3=C2C(=O)CC(C)(C)C3)cc(OC)c1OC. The molecule has 0 fully saturated rings. The predicted octanol–water partition coefficient (Wildman–Crippen LogP) is 3.16. The first-order chi connectivity index (χ1) is 13.3. The Hall–Kier alpha value is -3.14. The lowest BCUT2D eigenvalue weighted by Gasteiger charge is -2.37. The molecule has 0 aromatic heterocycles. The van der Waals surface area contributed by atoms with Crippen LogP contribution in [0.4, 0.5) is 0 Å². The molecule has 7 heteroatoms. The molecule has 2 N–H and O–H groups in total. The molecule has 0 saturated heterocycles. The molecule has 0 bridgehead atoms. The summed E-state index contributed by atoms with van der Waals surface area (Å²) in [7, 11) is 4.54. The number of methoxy groups -OCH3 is 3. The van der Waals surface area contributed by atoms with Crippen LogP contribution in [0.3, 0.4) is 0 Å². The standard InChI is InChI=1S/C21H24N2O5/c1-21(2)8-13(24)18-16(9-21)28-20(23)12(10-22)17(18)11-6-14(25-3)19(27-5)15(7-11)26-4/h6-7,17H,8-9,23H2,1-5H3. The number of carbonyl (C=O) groups is 1. The molecule has 1 aliphatic carbocycles. The van der Waals surface area contributed by atoms with Gasteiger partial charge in [-0.2, -0.15) is 5.26 Å². The van der Waals surface area contributed by atoms with E-state index in [4.69, 9.17) is 24.7 Å². The van der Waals surface area contributed by atoms with Gasteiger partial charge in [-0.3, -0.25) is 4.79 Å². The minimum atomic E-state index is -0.647. The predicted molar refractivity (Wildman–Crippen MR) is 102 cm³/mol. The zero-order valence-corrected chi connectivity index (χ0v) is 16.7. The maximum absolute atomic E-state index is 13.0. The second kappa shape index (κ2) is 7.12. The second-order valence-corrected chi connectivity index (χ2v) is 7.66. The van der Waals surface area contributed by atoms with Crippen molar-refractivity contribution >= 4 is 5.78 Å². The van der Waals surface area contributed by atoms with Crippen molar-refractivity contribution in [2.75, 3.05) is 21.3 Å². The highest BCUT2D eigenvalue weighted by atomic mass is 16.5. The van der Waals surface area contributed by atoms with Crippen molar-refractivity contribution in [3.63, 3.8) is 0 Å². The number of carbonyl (C=O) groups excluding carboxylic acids is 1. The van der Waals surface area contributed by atoms with Gasteiger partial charge in [0.1, 0.15) is 17.4 Å². The summed E-state index contributed by atoms with van der Waals surface area (Å²) in [6.07, 6.45) is 0.934. The van der Waals surface area contributed by atoms with Crippen molar-refractivity contribution in [1.29, 1.82) is 5.26 Å². The minimum Gasteiger partial charge on any atom is -0.493 e. The zero-order valence-electron chi connectivity index (χ0n) is 16.7. The van der Waals surface area contributed by atoms with Crippen molar-refractivity contribution in [1.82, 2.24) is 0 Å². The number of allylic oxidation sites excluding steroid dienone is 3. The number of benzene rings is 1. The maximum Gasteiger partial charge on any atom is 0.205 e. The van der Waals surface area contributed by atoms with Crippen molar-refractivity contribution in [3.05, 3.63) is 40.5 Å². The maximum atomic E-state index is 13.0. The molecule has 0 amide bonds. The van der Waals surface area contributed by atoms with Crippen LogP contribution in [0.5, 0.6) is 17.2 Å². The van der Waals surface area contributed by atoms with Gasteiger partial charge < -0.3 is 24.7 Å². The molecule has 3 rings (SSSR count). The molecule has 0 spiro atoms. The minimum absolute atomic E-state index is 0.0190. The smallest absolute Gasteiger partial charge is 0.205 e. The van der Waals surface area contributed by atoms with E-state index >= 15 is 0 Å². The molecule has 1 atom stereocenters. The fourth-order valence-corrected chi connectivity index (χ4v) is 3.89. The van der Waals surface area contributed by atoms with Crippen LogP contribution in [0, 0.1) is 16.7 Å². The lowest BCUT2D eigenvalue weighted by atomic mass is 9.70. The monoisotopic (exact) mass is 384 g/mol. The lowest BCUT2D eigenvalue weighted by molar-refractivity contribution is -0.119. The Balaban J connectivity index is 2.25. The summed E-state index contributed by atoms with van der Waals surface area (Å²) in [4.78, 5) is 13.0. The van der Waals surface area contributed by atoms with Crippen LogP contribution in [0.2, 0.25) is 0 Å². The van der Waals surface area contributed by atoms with Crippen LogP contribution in [0.25, 0.3) is 0 Å². The zero-order chi connectivity index (χ0) is 20.6. The van der Waals surface area contributed by atoms with E-state index in [0.717, 1.165) is 0 Å².